The van der Waals surface area contributed by atoms with E-state index >= 15 is 0 Å². The van der Waals surface area contributed by atoms with Gasteiger partial charge in [-0.15, -0.1) is 0 Å². The second-order valence-electron chi connectivity index (χ2n) is 2.15. The Kier molecular flexibility index (Phi) is 2.42. The van der Waals surface area contributed by atoms with Crippen LogP contribution in [0.15, 0.2) is 18.3 Å². The Morgan fingerprint density at radius 3 is 2.42 bits per heavy atom. The van der Waals surface area contributed by atoms with Crippen molar-refractivity contribution in [3.8, 4) is 0 Å². The molecule has 12 heavy (non-hydrogen) atoms. The summed E-state index contributed by atoms with van der Waals surface area (Å²) in [4.78, 5) is 13.8. The number of nitrogens with zero attached hydrogens (tertiary/aromatic N) is 1. The number of carbonyl (C=O) groups is 1. The van der Waals surface area contributed by atoms with E-state index in [0.717, 1.165) is 6.20 Å². The van der Waals surface area contributed by atoms with Crippen molar-refractivity contribution in [1.29, 1.82) is 0 Å². The Morgan fingerprint density at radius 1 is 1.42 bits per heavy atom. The van der Waals surface area contributed by atoms with E-state index in [2.05, 4.69) is 4.98 Å². The van der Waals surface area contributed by atoms with E-state index in [0.29, 0.717) is 0 Å². The van der Waals surface area contributed by atoms with Crippen molar-refractivity contribution in [2.45, 2.75) is 0 Å². The van der Waals surface area contributed by atoms with Crippen molar-refractivity contribution in [3.63, 3.8) is 0 Å². The zero-order valence-electron chi connectivity index (χ0n) is 6.01. The summed E-state index contributed by atoms with van der Waals surface area (Å²) in [5.74, 6) is -1.10. The molecule has 0 aromatic carbocycles. The molecule has 0 aliphatic rings. The third-order valence-electron chi connectivity index (χ3n) is 1.30. The quantitative estimate of drug-likeness (QED) is 0.464. The van der Waals surface area contributed by atoms with Gasteiger partial charge in [-0.2, -0.15) is 0 Å². The largest absolute Gasteiger partial charge is 0.508 e. The molecule has 0 saturated carbocycles. The zero-order valence-corrected chi connectivity index (χ0v) is 6.01. The number of hydrogen-bond acceptors (Lipinski definition) is 4. The molecule has 5 nitrogen and oxygen atoms in total. The van der Waals surface area contributed by atoms with Crippen LogP contribution in [0.1, 0.15) is 10.4 Å². The fourth-order valence-electron chi connectivity index (χ4n) is 0.685. The van der Waals surface area contributed by atoms with Crippen molar-refractivity contribution in [1.82, 2.24) is 4.98 Å². The molecule has 1 rings (SSSR count). The topological polar surface area (TPSA) is 90.7 Å². The van der Waals surface area contributed by atoms with Crippen molar-refractivity contribution in [2.24, 2.45) is 0 Å². The van der Waals surface area contributed by atoms with E-state index in [-0.39, 0.29) is 11.2 Å². The molecular weight excluding hydrogens is 161 g/mol. The lowest BCUT2D eigenvalue weighted by Gasteiger charge is -1.97. The van der Waals surface area contributed by atoms with E-state index in [1.54, 1.807) is 0 Å². The second-order valence-corrected chi connectivity index (χ2v) is 2.15. The van der Waals surface area contributed by atoms with Gasteiger partial charge < -0.3 is 15.2 Å². The van der Waals surface area contributed by atoms with Gasteiger partial charge >= 0.3 is 13.1 Å². The highest BCUT2D eigenvalue weighted by molar-refractivity contribution is 6.57. The number of hydrogen-bond donors (Lipinski definition) is 3. The molecule has 0 fully saturated rings. The molecule has 0 radical (unpaired) electrons. The fraction of sp³-hybridized carbons (Fsp3) is 0. The summed E-state index contributed by atoms with van der Waals surface area (Å²) in [6, 6.07) is 2.50. The van der Waals surface area contributed by atoms with Crippen molar-refractivity contribution >= 4 is 18.7 Å². The molecule has 0 amide bonds. The lowest BCUT2D eigenvalue weighted by Crippen LogP contribution is -2.32. The minimum atomic E-state index is -1.66. The molecule has 6 heteroatoms. The highest BCUT2D eigenvalue weighted by Gasteiger charge is 2.12. The van der Waals surface area contributed by atoms with Crippen molar-refractivity contribution in [3.05, 3.63) is 23.9 Å². The van der Waals surface area contributed by atoms with E-state index in [1.807, 2.05) is 0 Å². The smallest absolute Gasteiger partial charge is 0.478 e. The highest BCUT2D eigenvalue weighted by atomic mass is 16.4. The van der Waals surface area contributed by atoms with Gasteiger partial charge in [-0.25, -0.2) is 4.79 Å². The van der Waals surface area contributed by atoms with E-state index in [1.165, 1.54) is 12.1 Å². The number of aromatic carboxylic acids is 1. The highest BCUT2D eigenvalue weighted by Crippen LogP contribution is 1.93. The lowest BCUT2D eigenvalue weighted by atomic mass is 9.85. The number of rotatable bonds is 2. The van der Waals surface area contributed by atoms with Gasteiger partial charge in [0.15, 0.2) is 0 Å². The molecule has 0 aliphatic carbocycles. The predicted octanol–water partition coefficient (Wildman–Crippen LogP) is -1.54. The summed E-state index contributed by atoms with van der Waals surface area (Å²) in [7, 11) is -1.66. The maximum Gasteiger partial charge on any atom is 0.508 e. The third-order valence-corrected chi connectivity index (χ3v) is 1.30. The van der Waals surface area contributed by atoms with Gasteiger partial charge in [-0.3, -0.25) is 4.98 Å². The SMILES string of the molecule is O=C(O)c1ccc(B(O)O)nc1. The number of carboxylic acid groups (broad SMARTS) is 1. The van der Waals surface area contributed by atoms with Gasteiger partial charge in [0, 0.05) is 6.20 Å². The molecule has 62 valence electrons. The van der Waals surface area contributed by atoms with Crippen LogP contribution in [0.3, 0.4) is 0 Å². The lowest BCUT2D eigenvalue weighted by molar-refractivity contribution is 0.0696. The average molecular weight is 167 g/mol. The van der Waals surface area contributed by atoms with E-state index < -0.39 is 13.1 Å². The summed E-state index contributed by atoms with van der Waals surface area (Å²) in [6.07, 6.45) is 1.07. The summed E-state index contributed by atoms with van der Waals surface area (Å²) in [5.41, 5.74) is 0.0411. The molecule has 0 unspecified atom stereocenters. The first-order chi connectivity index (χ1) is 5.61. The maximum atomic E-state index is 10.3. The van der Waals surface area contributed by atoms with Gasteiger partial charge in [0.05, 0.1) is 11.2 Å². The third kappa shape index (κ3) is 1.80. The molecule has 1 aromatic heterocycles. The molecule has 0 saturated heterocycles. The Bertz CT molecular complexity index is 284. The van der Waals surface area contributed by atoms with Crippen molar-refractivity contribution in [2.75, 3.05) is 0 Å². The van der Waals surface area contributed by atoms with Crippen LogP contribution < -0.4 is 5.59 Å². The van der Waals surface area contributed by atoms with Crippen LogP contribution in [0, 0.1) is 0 Å². The van der Waals surface area contributed by atoms with E-state index in [9.17, 15) is 4.79 Å². The molecule has 1 aromatic rings. The average Bonchev–Trinajstić information content (AvgIpc) is 2.04. The first-order valence-corrected chi connectivity index (χ1v) is 3.16. The standard InChI is InChI=1S/C6H6BNO4/c9-6(10)4-1-2-5(7(11)12)8-3-4/h1-3,11-12H,(H,9,10). The summed E-state index contributed by atoms with van der Waals surface area (Å²) >= 11 is 0. The summed E-state index contributed by atoms with van der Waals surface area (Å²) in [6.45, 7) is 0. The Morgan fingerprint density at radius 2 is 2.08 bits per heavy atom. The zero-order chi connectivity index (χ0) is 9.14. The Hall–Kier alpha value is -1.40. The molecule has 3 N–H and O–H groups in total. The fourth-order valence-corrected chi connectivity index (χ4v) is 0.685. The normalized spacial score (nSPS) is 9.50. The molecular formula is C6H6BNO4. The van der Waals surface area contributed by atoms with Crippen LogP contribution in [0.5, 0.6) is 0 Å². The second kappa shape index (κ2) is 3.33. The summed E-state index contributed by atoms with van der Waals surface area (Å²) in [5, 5.41) is 25.6. The molecule has 0 spiro atoms. The molecule has 0 bridgehead atoms. The minimum Gasteiger partial charge on any atom is -0.478 e. The first kappa shape index (κ1) is 8.70. The Balaban J connectivity index is 2.93. The van der Waals surface area contributed by atoms with Gasteiger partial charge in [0.25, 0.3) is 0 Å². The maximum absolute atomic E-state index is 10.3. The summed E-state index contributed by atoms with van der Waals surface area (Å²) < 4.78 is 0. The van der Waals surface area contributed by atoms with Crippen LogP contribution in [0.2, 0.25) is 0 Å². The van der Waals surface area contributed by atoms with Crippen LogP contribution in [-0.2, 0) is 0 Å². The first-order valence-electron chi connectivity index (χ1n) is 3.16. The van der Waals surface area contributed by atoms with Gasteiger partial charge in [0.1, 0.15) is 0 Å². The minimum absolute atomic E-state index is 0.0133. The van der Waals surface area contributed by atoms with E-state index in [4.69, 9.17) is 15.2 Å². The molecule has 0 atom stereocenters. The number of carboxylic acids is 1. The Labute approximate surface area is 68.5 Å². The van der Waals surface area contributed by atoms with Crippen LogP contribution >= 0.6 is 0 Å². The predicted molar refractivity (Wildman–Crippen MR) is 41.0 cm³/mol. The van der Waals surface area contributed by atoms with Crippen molar-refractivity contribution < 1.29 is 19.9 Å². The molecule has 1 heterocycles. The van der Waals surface area contributed by atoms with Gasteiger partial charge in [-0.05, 0) is 12.1 Å². The van der Waals surface area contributed by atoms with Crippen LogP contribution in [-0.4, -0.2) is 33.2 Å². The van der Waals surface area contributed by atoms with Gasteiger partial charge in [-0.1, -0.05) is 0 Å². The monoisotopic (exact) mass is 167 g/mol. The number of aromatic nitrogens is 1. The molecule has 0 aliphatic heterocycles. The van der Waals surface area contributed by atoms with Crippen LogP contribution in [0.25, 0.3) is 0 Å². The van der Waals surface area contributed by atoms with Crippen LogP contribution in [0.4, 0.5) is 0 Å². The number of pyridine rings is 1. The van der Waals surface area contributed by atoms with Gasteiger partial charge in [0.2, 0.25) is 0 Å².